The Morgan fingerprint density at radius 3 is 2.93 bits per heavy atom. The highest BCUT2D eigenvalue weighted by molar-refractivity contribution is 5.41. The van der Waals surface area contributed by atoms with E-state index in [4.69, 9.17) is 10.3 Å². The standard InChI is InChI=1S/C7H10N6O/c1-2-3-4-9-6(14-13-4)5-10-7(8)12-11-5/h2-3H2,1H3,(H3,8,10,11,12). The molecule has 2 aromatic rings. The Bertz CT molecular complexity index is 419. The highest BCUT2D eigenvalue weighted by atomic mass is 16.5. The number of hydrogen-bond acceptors (Lipinski definition) is 6. The van der Waals surface area contributed by atoms with Crippen LogP contribution in [0.25, 0.3) is 11.7 Å². The zero-order valence-corrected chi connectivity index (χ0v) is 7.69. The summed E-state index contributed by atoms with van der Waals surface area (Å²) in [5.41, 5.74) is 5.34. The van der Waals surface area contributed by atoms with Gasteiger partial charge in [-0.1, -0.05) is 12.1 Å². The van der Waals surface area contributed by atoms with Gasteiger partial charge in [0.2, 0.25) is 11.8 Å². The van der Waals surface area contributed by atoms with Crippen LogP contribution in [0.3, 0.4) is 0 Å². The van der Waals surface area contributed by atoms with Gasteiger partial charge in [-0.3, -0.25) is 5.10 Å². The van der Waals surface area contributed by atoms with Crippen molar-refractivity contribution in [1.29, 1.82) is 0 Å². The van der Waals surface area contributed by atoms with E-state index >= 15 is 0 Å². The number of H-pyrrole nitrogens is 1. The van der Waals surface area contributed by atoms with Gasteiger partial charge < -0.3 is 10.3 Å². The van der Waals surface area contributed by atoms with Crippen molar-refractivity contribution in [3.8, 4) is 11.7 Å². The van der Waals surface area contributed by atoms with Gasteiger partial charge in [-0.15, -0.1) is 5.10 Å². The molecule has 0 radical (unpaired) electrons. The topological polar surface area (TPSA) is 107 Å². The third-order valence-electron chi connectivity index (χ3n) is 1.65. The largest absolute Gasteiger partial charge is 0.366 e. The van der Waals surface area contributed by atoms with Crippen LogP contribution in [-0.4, -0.2) is 25.3 Å². The zero-order chi connectivity index (χ0) is 9.97. The molecule has 3 N–H and O–H groups in total. The lowest BCUT2D eigenvalue weighted by Crippen LogP contribution is -1.87. The number of aromatic nitrogens is 5. The molecule has 0 fully saturated rings. The van der Waals surface area contributed by atoms with Crippen molar-refractivity contribution in [2.24, 2.45) is 0 Å². The number of hydrogen-bond donors (Lipinski definition) is 2. The lowest BCUT2D eigenvalue weighted by molar-refractivity contribution is 0.419. The molecule has 14 heavy (non-hydrogen) atoms. The van der Waals surface area contributed by atoms with Gasteiger partial charge in [-0.05, 0) is 6.42 Å². The molecule has 0 aliphatic carbocycles. The fourth-order valence-corrected chi connectivity index (χ4v) is 1.05. The molecule has 0 atom stereocenters. The predicted molar refractivity (Wildman–Crippen MR) is 48.1 cm³/mol. The van der Waals surface area contributed by atoms with Crippen molar-refractivity contribution in [3.63, 3.8) is 0 Å². The Labute approximate surface area is 79.7 Å². The fourth-order valence-electron chi connectivity index (χ4n) is 1.05. The molecule has 0 saturated carbocycles. The Hall–Kier alpha value is -1.92. The van der Waals surface area contributed by atoms with Crippen LogP contribution < -0.4 is 5.73 Å². The van der Waals surface area contributed by atoms with Gasteiger partial charge in [0.25, 0.3) is 5.89 Å². The summed E-state index contributed by atoms with van der Waals surface area (Å²) in [4.78, 5) is 7.99. The number of nitrogens with zero attached hydrogens (tertiary/aromatic N) is 4. The predicted octanol–water partition coefficient (Wildman–Crippen LogP) is 0.389. The van der Waals surface area contributed by atoms with Crippen molar-refractivity contribution in [3.05, 3.63) is 5.82 Å². The molecule has 0 bridgehead atoms. The van der Waals surface area contributed by atoms with Crippen molar-refractivity contribution in [2.75, 3.05) is 5.73 Å². The maximum atomic E-state index is 5.34. The number of aryl methyl sites for hydroxylation is 1. The minimum atomic E-state index is 0.162. The summed E-state index contributed by atoms with van der Waals surface area (Å²) in [7, 11) is 0. The van der Waals surface area contributed by atoms with Crippen molar-refractivity contribution < 1.29 is 4.52 Å². The SMILES string of the molecule is CCCc1noc(-c2nc(N)n[nH]2)n1. The number of aromatic amines is 1. The molecular formula is C7H10N6O. The highest BCUT2D eigenvalue weighted by Crippen LogP contribution is 2.12. The molecule has 2 aromatic heterocycles. The summed E-state index contributed by atoms with van der Waals surface area (Å²) in [5, 5.41) is 10.0. The average molecular weight is 194 g/mol. The fraction of sp³-hybridized carbons (Fsp3) is 0.429. The number of anilines is 1. The van der Waals surface area contributed by atoms with E-state index in [-0.39, 0.29) is 5.95 Å². The monoisotopic (exact) mass is 194 g/mol. The number of nitrogen functional groups attached to an aromatic ring is 1. The van der Waals surface area contributed by atoms with Crippen LogP contribution in [0.5, 0.6) is 0 Å². The van der Waals surface area contributed by atoms with Crippen LogP contribution in [0.4, 0.5) is 5.95 Å². The minimum Gasteiger partial charge on any atom is -0.366 e. The second kappa shape index (κ2) is 3.44. The third kappa shape index (κ3) is 1.56. The van der Waals surface area contributed by atoms with Crippen molar-refractivity contribution >= 4 is 5.95 Å². The molecule has 7 heteroatoms. The van der Waals surface area contributed by atoms with Crippen LogP contribution in [-0.2, 0) is 6.42 Å². The molecule has 2 rings (SSSR count). The quantitative estimate of drug-likeness (QED) is 0.731. The van der Waals surface area contributed by atoms with E-state index in [2.05, 4.69) is 25.3 Å². The van der Waals surface area contributed by atoms with Crippen LogP contribution >= 0.6 is 0 Å². The van der Waals surface area contributed by atoms with Gasteiger partial charge in [0.15, 0.2) is 5.82 Å². The molecule has 0 aromatic carbocycles. The van der Waals surface area contributed by atoms with E-state index in [9.17, 15) is 0 Å². The van der Waals surface area contributed by atoms with Crippen LogP contribution in [0.15, 0.2) is 4.52 Å². The first-order chi connectivity index (χ1) is 6.79. The van der Waals surface area contributed by atoms with Crippen molar-refractivity contribution in [2.45, 2.75) is 19.8 Å². The van der Waals surface area contributed by atoms with E-state index in [1.165, 1.54) is 0 Å². The molecule has 0 spiro atoms. The number of nitrogens with one attached hydrogen (secondary N) is 1. The van der Waals surface area contributed by atoms with E-state index in [0.717, 1.165) is 12.8 Å². The van der Waals surface area contributed by atoms with Crippen LogP contribution in [0.1, 0.15) is 19.2 Å². The van der Waals surface area contributed by atoms with E-state index < -0.39 is 0 Å². The van der Waals surface area contributed by atoms with E-state index in [0.29, 0.717) is 17.5 Å². The molecule has 0 saturated heterocycles. The summed E-state index contributed by atoms with van der Waals surface area (Å²) in [6.45, 7) is 2.04. The minimum absolute atomic E-state index is 0.162. The molecule has 0 unspecified atom stereocenters. The van der Waals surface area contributed by atoms with Crippen LogP contribution in [0.2, 0.25) is 0 Å². The maximum absolute atomic E-state index is 5.34. The molecule has 0 aliphatic rings. The number of nitrogens with two attached hydrogens (primary N) is 1. The summed E-state index contributed by atoms with van der Waals surface area (Å²) in [6.07, 6.45) is 1.75. The van der Waals surface area contributed by atoms with Crippen LogP contribution in [0, 0.1) is 0 Å². The lowest BCUT2D eigenvalue weighted by atomic mass is 10.3. The van der Waals surface area contributed by atoms with Gasteiger partial charge in [-0.2, -0.15) is 9.97 Å². The lowest BCUT2D eigenvalue weighted by Gasteiger charge is -1.83. The Morgan fingerprint density at radius 1 is 1.43 bits per heavy atom. The van der Waals surface area contributed by atoms with E-state index in [1.54, 1.807) is 0 Å². The smallest absolute Gasteiger partial charge is 0.295 e. The second-order valence-electron chi connectivity index (χ2n) is 2.81. The van der Waals surface area contributed by atoms with Gasteiger partial charge >= 0.3 is 0 Å². The first kappa shape index (κ1) is 8.67. The Kier molecular flexibility index (Phi) is 2.13. The van der Waals surface area contributed by atoms with Gasteiger partial charge in [-0.25, -0.2) is 0 Å². The van der Waals surface area contributed by atoms with Gasteiger partial charge in [0, 0.05) is 6.42 Å². The summed E-state index contributed by atoms with van der Waals surface area (Å²) in [6, 6.07) is 0. The molecule has 2 heterocycles. The second-order valence-corrected chi connectivity index (χ2v) is 2.81. The average Bonchev–Trinajstić information content (AvgIpc) is 2.74. The zero-order valence-electron chi connectivity index (χ0n) is 7.69. The molecular weight excluding hydrogens is 184 g/mol. The van der Waals surface area contributed by atoms with Crippen molar-refractivity contribution in [1.82, 2.24) is 25.3 Å². The molecule has 0 amide bonds. The first-order valence-electron chi connectivity index (χ1n) is 4.30. The normalized spacial score (nSPS) is 10.6. The number of rotatable bonds is 3. The first-order valence-corrected chi connectivity index (χ1v) is 4.30. The summed E-state index contributed by atoms with van der Waals surface area (Å²) < 4.78 is 4.97. The molecule has 74 valence electrons. The van der Waals surface area contributed by atoms with E-state index in [1.807, 2.05) is 6.92 Å². The maximum Gasteiger partial charge on any atom is 0.295 e. The third-order valence-corrected chi connectivity index (χ3v) is 1.65. The van der Waals surface area contributed by atoms with Gasteiger partial charge in [0.1, 0.15) is 0 Å². The highest BCUT2D eigenvalue weighted by Gasteiger charge is 2.11. The summed E-state index contributed by atoms with van der Waals surface area (Å²) >= 11 is 0. The Morgan fingerprint density at radius 2 is 2.29 bits per heavy atom. The molecule has 7 nitrogen and oxygen atoms in total. The Balaban J connectivity index is 2.24. The van der Waals surface area contributed by atoms with Gasteiger partial charge in [0.05, 0.1) is 0 Å². The molecule has 0 aliphatic heterocycles. The summed E-state index contributed by atoms with van der Waals surface area (Å²) in [5.74, 6) is 1.54.